The van der Waals surface area contributed by atoms with Gasteiger partial charge in [0.15, 0.2) is 9.84 Å². The Bertz CT molecular complexity index is 660. The number of pyridine rings is 1. The van der Waals surface area contributed by atoms with E-state index in [1.807, 2.05) is 0 Å². The quantitative estimate of drug-likeness (QED) is 0.705. The standard InChI is InChI=1S/C9H14N2O5S2/c1-2-17(13,14)6-5-11-18(15,16)9-7-10-4-3-8(9)12/h3-4,7,11H,2,5-6H2,1H3,(H,10,12). The predicted molar refractivity (Wildman–Crippen MR) is 66.6 cm³/mol. The molecule has 0 aliphatic heterocycles. The Hall–Kier alpha value is -1.19. The molecule has 1 aromatic heterocycles. The van der Waals surface area contributed by atoms with E-state index in [2.05, 4.69) is 9.71 Å². The van der Waals surface area contributed by atoms with Crippen LogP contribution in [0.4, 0.5) is 0 Å². The van der Waals surface area contributed by atoms with Gasteiger partial charge in [-0.05, 0) is 0 Å². The number of hydrogen-bond acceptors (Lipinski definition) is 5. The first-order valence-electron chi connectivity index (χ1n) is 5.16. The fourth-order valence-corrected chi connectivity index (χ4v) is 3.08. The summed E-state index contributed by atoms with van der Waals surface area (Å²) in [6.07, 6.45) is 2.36. The molecule has 2 N–H and O–H groups in total. The first kappa shape index (κ1) is 14.9. The fourth-order valence-electron chi connectivity index (χ4n) is 1.16. The molecule has 9 heteroatoms. The van der Waals surface area contributed by atoms with E-state index >= 15 is 0 Å². The normalized spacial score (nSPS) is 12.5. The molecule has 0 spiro atoms. The van der Waals surface area contributed by atoms with Crippen LogP contribution in [0.25, 0.3) is 0 Å². The molecule has 0 radical (unpaired) electrons. The van der Waals surface area contributed by atoms with Crippen molar-refractivity contribution in [2.75, 3.05) is 18.1 Å². The second kappa shape index (κ2) is 5.63. The molecule has 0 saturated carbocycles. The van der Waals surface area contributed by atoms with E-state index in [4.69, 9.17) is 0 Å². The molecule has 0 saturated heterocycles. The van der Waals surface area contributed by atoms with Crippen LogP contribution in [0, 0.1) is 0 Å². The van der Waals surface area contributed by atoms with Gasteiger partial charge in [0.25, 0.3) is 0 Å². The Morgan fingerprint density at radius 2 is 1.94 bits per heavy atom. The van der Waals surface area contributed by atoms with Gasteiger partial charge in [0, 0.05) is 30.8 Å². The lowest BCUT2D eigenvalue weighted by molar-refractivity contribution is 0.580. The minimum absolute atomic E-state index is 0.0549. The van der Waals surface area contributed by atoms with E-state index in [-0.39, 0.29) is 18.1 Å². The van der Waals surface area contributed by atoms with Gasteiger partial charge in [-0.15, -0.1) is 0 Å². The van der Waals surface area contributed by atoms with Gasteiger partial charge in [0.2, 0.25) is 15.5 Å². The summed E-state index contributed by atoms with van der Waals surface area (Å²) in [4.78, 5) is 13.4. The van der Waals surface area contributed by atoms with E-state index in [1.54, 1.807) is 0 Å². The van der Waals surface area contributed by atoms with Gasteiger partial charge >= 0.3 is 0 Å². The van der Waals surface area contributed by atoms with Crippen molar-refractivity contribution < 1.29 is 16.8 Å². The maximum absolute atomic E-state index is 11.7. The van der Waals surface area contributed by atoms with Crippen LogP contribution in [0.15, 0.2) is 28.2 Å². The number of aromatic amines is 1. The number of aromatic nitrogens is 1. The average Bonchev–Trinajstić information content (AvgIpc) is 2.29. The van der Waals surface area contributed by atoms with E-state index < -0.39 is 30.2 Å². The highest BCUT2D eigenvalue weighted by atomic mass is 32.2. The molecule has 1 aromatic rings. The zero-order valence-electron chi connectivity index (χ0n) is 9.71. The van der Waals surface area contributed by atoms with Gasteiger partial charge < -0.3 is 4.98 Å². The summed E-state index contributed by atoms with van der Waals surface area (Å²) in [5.41, 5.74) is -0.653. The molecule has 18 heavy (non-hydrogen) atoms. The Morgan fingerprint density at radius 1 is 1.28 bits per heavy atom. The number of sulfonamides is 1. The highest BCUT2D eigenvalue weighted by Gasteiger charge is 2.18. The maximum Gasteiger partial charge on any atom is 0.245 e. The first-order valence-corrected chi connectivity index (χ1v) is 8.46. The van der Waals surface area contributed by atoms with Gasteiger partial charge in [-0.1, -0.05) is 6.92 Å². The Balaban J connectivity index is 2.79. The number of H-pyrrole nitrogens is 1. The summed E-state index contributed by atoms with van der Waals surface area (Å²) in [6.45, 7) is 1.22. The number of nitrogens with one attached hydrogen (secondary N) is 2. The van der Waals surface area contributed by atoms with E-state index in [9.17, 15) is 21.6 Å². The van der Waals surface area contributed by atoms with Crippen LogP contribution in [0.5, 0.6) is 0 Å². The number of rotatable bonds is 6. The summed E-state index contributed by atoms with van der Waals surface area (Å²) in [7, 11) is -7.23. The van der Waals surface area contributed by atoms with Crippen LogP contribution >= 0.6 is 0 Å². The van der Waals surface area contributed by atoms with E-state index in [0.717, 1.165) is 12.3 Å². The number of hydrogen-bond donors (Lipinski definition) is 2. The van der Waals surface area contributed by atoms with Crippen molar-refractivity contribution in [3.63, 3.8) is 0 Å². The molecular formula is C9H14N2O5S2. The first-order chi connectivity index (χ1) is 8.28. The largest absolute Gasteiger partial charge is 0.366 e. The molecule has 1 heterocycles. The van der Waals surface area contributed by atoms with Crippen LogP contribution in [0.1, 0.15) is 6.92 Å². The zero-order valence-corrected chi connectivity index (χ0v) is 11.3. The second-order valence-electron chi connectivity index (χ2n) is 3.51. The summed E-state index contributed by atoms with van der Waals surface area (Å²) in [5, 5.41) is 0. The number of sulfone groups is 1. The minimum atomic E-state index is -3.98. The van der Waals surface area contributed by atoms with Crippen LogP contribution < -0.4 is 10.2 Å². The molecule has 7 nitrogen and oxygen atoms in total. The van der Waals surface area contributed by atoms with Gasteiger partial charge in [-0.3, -0.25) is 4.79 Å². The van der Waals surface area contributed by atoms with Crippen molar-refractivity contribution in [3.05, 3.63) is 28.7 Å². The summed E-state index contributed by atoms with van der Waals surface area (Å²) in [6, 6.07) is 1.08. The molecule has 0 unspecified atom stereocenters. The molecule has 102 valence electrons. The van der Waals surface area contributed by atoms with Crippen molar-refractivity contribution in [1.29, 1.82) is 0 Å². The minimum Gasteiger partial charge on any atom is -0.366 e. The molecule has 0 aliphatic carbocycles. The third kappa shape index (κ3) is 3.93. The third-order valence-electron chi connectivity index (χ3n) is 2.22. The van der Waals surface area contributed by atoms with Crippen LogP contribution in [-0.4, -0.2) is 39.9 Å². The molecule has 0 aromatic carbocycles. The van der Waals surface area contributed by atoms with Crippen LogP contribution in [0.3, 0.4) is 0 Å². The van der Waals surface area contributed by atoms with Crippen molar-refractivity contribution >= 4 is 19.9 Å². The monoisotopic (exact) mass is 294 g/mol. The highest BCUT2D eigenvalue weighted by Crippen LogP contribution is 1.99. The van der Waals surface area contributed by atoms with Gasteiger partial charge in [-0.2, -0.15) is 0 Å². The molecule has 1 rings (SSSR count). The Kier molecular flexibility index (Phi) is 4.65. The van der Waals surface area contributed by atoms with E-state index in [0.29, 0.717) is 0 Å². The molecule has 0 bridgehead atoms. The third-order valence-corrected chi connectivity index (χ3v) is 5.41. The molecule has 0 amide bonds. The van der Waals surface area contributed by atoms with Gasteiger partial charge in [-0.25, -0.2) is 21.6 Å². The van der Waals surface area contributed by atoms with Crippen LogP contribution in [-0.2, 0) is 19.9 Å². The summed E-state index contributed by atoms with van der Waals surface area (Å²) in [5.74, 6) is -0.353. The molecule has 0 aliphatic rings. The Morgan fingerprint density at radius 3 is 2.50 bits per heavy atom. The van der Waals surface area contributed by atoms with Gasteiger partial charge in [0.1, 0.15) is 4.90 Å². The van der Waals surface area contributed by atoms with E-state index in [1.165, 1.54) is 13.1 Å². The zero-order chi connectivity index (χ0) is 13.8. The maximum atomic E-state index is 11.7. The fraction of sp³-hybridized carbons (Fsp3) is 0.444. The molecule has 0 atom stereocenters. The SMILES string of the molecule is CCS(=O)(=O)CCNS(=O)(=O)c1c[nH]ccc1=O. The van der Waals surface area contributed by atoms with Crippen molar-refractivity contribution in [2.45, 2.75) is 11.8 Å². The smallest absolute Gasteiger partial charge is 0.245 e. The van der Waals surface area contributed by atoms with Crippen molar-refractivity contribution in [1.82, 2.24) is 9.71 Å². The molecular weight excluding hydrogens is 280 g/mol. The Labute approximate surface area is 105 Å². The topological polar surface area (TPSA) is 113 Å². The lowest BCUT2D eigenvalue weighted by Crippen LogP contribution is -2.32. The summed E-state index contributed by atoms with van der Waals surface area (Å²) < 4.78 is 47.9. The average molecular weight is 294 g/mol. The lowest BCUT2D eigenvalue weighted by atomic mass is 10.5. The predicted octanol–water partition coefficient (Wildman–Crippen LogP) is -0.912. The second-order valence-corrected chi connectivity index (χ2v) is 7.72. The van der Waals surface area contributed by atoms with Crippen LogP contribution in [0.2, 0.25) is 0 Å². The lowest BCUT2D eigenvalue weighted by Gasteiger charge is -2.05. The molecule has 0 fully saturated rings. The summed E-state index contributed by atoms with van der Waals surface area (Å²) >= 11 is 0. The van der Waals surface area contributed by atoms with Gasteiger partial charge in [0.05, 0.1) is 5.75 Å². The highest BCUT2D eigenvalue weighted by molar-refractivity contribution is 7.91. The van der Waals surface area contributed by atoms with Crippen molar-refractivity contribution in [3.8, 4) is 0 Å². The van der Waals surface area contributed by atoms with Crippen molar-refractivity contribution in [2.24, 2.45) is 0 Å².